The highest BCUT2D eigenvalue weighted by molar-refractivity contribution is 5.61. The first-order chi connectivity index (χ1) is 19.0. The Balaban J connectivity index is 1.33. The smallest absolute Gasteiger partial charge is 0.395 e. The van der Waals surface area contributed by atoms with Gasteiger partial charge >= 0.3 is 6.18 Å². The number of hydrogen-bond acceptors (Lipinski definition) is 7. The summed E-state index contributed by atoms with van der Waals surface area (Å²) < 4.78 is 44.8. The van der Waals surface area contributed by atoms with Gasteiger partial charge in [0.15, 0.2) is 0 Å². The Bertz CT molecular complexity index is 1350. The van der Waals surface area contributed by atoms with Gasteiger partial charge in [-0.3, -0.25) is 4.79 Å². The van der Waals surface area contributed by atoms with Crippen molar-refractivity contribution in [3.8, 4) is 11.4 Å². The second-order valence-electron chi connectivity index (χ2n) is 10.8. The summed E-state index contributed by atoms with van der Waals surface area (Å²) in [6, 6.07) is 3.70. The van der Waals surface area contributed by atoms with Crippen LogP contribution in [0.1, 0.15) is 33.1 Å². The highest BCUT2D eigenvalue weighted by Gasteiger charge is 2.38. The van der Waals surface area contributed by atoms with E-state index in [0.717, 1.165) is 12.1 Å². The number of aldehydes is 1. The van der Waals surface area contributed by atoms with Gasteiger partial charge in [-0.1, -0.05) is 30.4 Å². The molecule has 3 heterocycles. The first kappa shape index (κ1) is 29.3. The van der Waals surface area contributed by atoms with E-state index in [1.165, 1.54) is 12.2 Å². The van der Waals surface area contributed by atoms with Crippen molar-refractivity contribution in [3.05, 3.63) is 53.3 Å². The average Bonchev–Trinajstić information content (AvgIpc) is 3.36. The molecule has 8 nitrogen and oxygen atoms in total. The van der Waals surface area contributed by atoms with Crippen LogP contribution in [-0.4, -0.2) is 65.7 Å². The summed E-state index contributed by atoms with van der Waals surface area (Å²) in [4.78, 5) is 36.3. The largest absolute Gasteiger partial charge is 0.460 e. The van der Waals surface area contributed by atoms with Crippen molar-refractivity contribution in [2.45, 2.75) is 44.9 Å². The van der Waals surface area contributed by atoms with Gasteiger partial charge < -0.3 is 24.7 Å². The van der Waals surface area contributed by atoms with Crippen LogP contribution in [0.4, 0.5) is 19.0 Å². The fourth-order valence-electron chi connectivity index (χ4n) is 4.72. The lowest BCUT2D eigenvalue weighted by Gasteiger charge is -2.40. The van der Waals surface area contributed by atoms with Crippen molar-refractivity contribution < 1.29 is 27.5 Å². The number of anilines is 1. The molecule has 0 bridgehead atoms. The third-order valence-electron chi connectivity index (χ3n) is 7.22. The summed E-state index contributed by atoms with van der Waals surface area (Å²) in [5.41, 5.74) is -0.431. The molecule has 214 valence electrons. The first-order valence-electron chi connectivity index (χ1n) is 13.2. The molecule has 1 aliphatic heterocycles. The molecular weight excluding hydrogens is 523 g/mol. The van der Waals surface area contributed by atoms with Crippen LogP contribution in [0.25, 0.3) is 23.5 Å². The quantitative estimate of drug-likeness (QED) is 0.249. The number of carbonyl (C=O) groups excluding carboxylic acids is 2. The predicted octanol–water partition coefficient (Wildman–Crippen LogP) is 3.05. The van der Waals surface area contributed by atoms with E-state index in [2.05, 4.69) is 25.2 Å². The summed E-state index contributed by atoms with van der Waals surface area (Å²) in [5.74, 6) is -0.283. The SMILES string of the molecule is CC(C)(C=O)/C=C\C=C/CNCC1(OC=O)CCN(c2ccc(-c3nc4c([nH]3)=CC(C(F)(F)F)CC=4)cn2)CC1. The number of halogens is 3. The van der Waals surface area contributed by atoms with Gasteiger partial charge in [0, 0.05) is 56.2 Å². The van der Waals surface area contributed by atoms with E-state index in [1.54, 1.807) is 6.20 Å². The number of ether oxygens (including phenoxy) is 1. The van der Waals surface area contributed by atoms with E-state index < -0.39 is 23.1 Å². The zero-order valence-corrected chi connectivity index (χ0v) is 22.6. The molecule has 40 heavy (non-hydrogen) atoms. The topological polar surface area (TPSA) is 100 Å². The number of aromatic nitrogens is 3. The molecular formula is C29H34F3N5O3. The standard InChI is InChI=1S/C29H34F3N5O3/c1-27(2,19-38)10-4-3-5-13-33-18-28(40-20-39)11-14-37(15-12-28)25-9-6-21(17-34-25)26-35-23-8-7-22(29(30,31)32)16-24(23)36-26/h3-6,8-10,16-17,19-20,22,33H,7,11-15,18H2,1-2H3,(H,35,36)/b5-3-,10-4-. The van der Waals surface area contributed by atoms with Crippen molar-refractivity contribution in [2.75, 3.05) is 31.1 Å². The fraction of sp³-hybridized carbons (Fsp3) is 0.448. The minimum Gasteiger partial charge on any atom is -0.460 e. The normalized spacial score (nSPS) is 19.2. The van der Waals surface area contributed by atoms with Gasteiger partial charge in [-0.2, -0.15) is 13.2 Å². The van der Waals surface area contributed by atoms with Crippen LogP contribution in [0.15, 0.2) is 42.6 Å². The average molecular weight is 558 g/mol. The second kappa shape index (κ2) is 12.2. The number of pyridine rings is 1. The number of H-pyrrole nitrogens is 1. The molecule has 2 aromatic rings. The number of fused-ring (bicyclic) bond motifs is 1. The number of allylic oxidation sites excluding steroid dienone is 3. The number of nitrogens with one attached hydrogen (secondary N) is 2. The molecule has 0 saturated carbocycles. The molecule has 1 aliphatic carbocycles. The maximum absolute atomic E-state index is 13.1. The van der Waals surface area contributed by atoms with E-state index in [0.29, 0.717) is 67.6 Å². The number of piperidine rings is 1. The molecule has 11 heteroatoms. The number of hydrogen-bond donors (Lipinski definition) is 2. The Kier molecular flexibility index (Phi) is 8.92. The van der Waals surface area contributed by atoms with Crippen LogP contribution < -0.4 is 20.9 Å². The number of aromatic amines is 1. The molecule has 0 amide bonds. The highest BCUT2D eigenvalue weighted by atomic mass is 19.4. The molecule has 1 unspecified atom stereocenters. The summed E-state index contributed by atoms with van der Waals surface area (Å²) in [6.45, 7) is 6.54. The molecule has 2 aromatic heterocycles. The molecule has 4 rings (SSSR count). The monoisotopic (exact) mass is 557 g/mol. The number of rotatable bonds is 11. The van der Waals surface area contributed by atoms with Gasteiger partial charge in [0.2, 0.25) is 0 Å². The molecule has 0 radical (unpaired) electrons. The zero-order valence-electron chi connectivity index (χ0n) is 22.6. The zero-order chi connectivity index (χ0) is 28.8. The van der Waals surface area contributed by atoms with Crippen molar-refractivity contribution >= 4 is 30.7 Å². The van der Waals surface area contributed by atoms with Crippen molar-refractivity contribution in [1.82, 2.24) is 20.3 Å². The van der Waals surface area contributed by atoms with Gasteiger partial charge in [0.1, 0.15) is 23.5 Å². The molecule has 1 saturated heterocycles. The van der Waals surface area contributed by atoms with E-state index in [4.69, 9.17) is 4.74 Å². The minimum absolute atomic E-state index is 0.118. The first-order valence-corrected chi connectivity index (χ1v) is 13.2. The van der Waals surface area contributed by atoms with Crippen LogP contribution in [0.3, 0.4) is 0 Å². The van der Waals surface area contributed by atoms with Gasteiger partial charge in [-0.25, -0.2) is 9.97 Å². The molecule has 0 aromatic carbocycles. The molecule has 1 fully saturated rings. The van der Waals surface area contributed by atoms with E-state index in [9.17, 15) is 22.8 Å². The number of imidazole rings is 1. The maximum Gasteiger partial charge on any atom is 0.395 e. The van der Waals surface area contributed by atoms with Crippen LogP contribution in [0.2, 0.25) is 0 Å². The Hall–Kier alpha value is -3.73. The number of carbonyl (C=O) groups is 2. The van der Waals surface area contributed by atoms with Crippen LogP contribution in [0.5, 0.6) is 0 Å². The molecule has 1 atom stereocenters. The van der Waals surface area contributed by atoms with E-state index >= 15 is 0 Å². The lowest BCUT2D eigenvalue weighted by atomic mass is 9.91. The number of alkyl halides is 3. The fourth-order valence-corrected chi connectivity index (χ4v) is 4.72. The van der Waals surface area contributed by atoms with Crippen molar-refractivity contribution in [2.24, 2.45) is 11.3 Å². The van der Waals surface area contributed by atoms with Crippen LogP contribution >= 0.6 is 0 Å². The van der Waals surface area contributed by atoms with Gasteiger partial charge in [0.05, 0.1) is 16.6 Å². The maximum atomic E-state index is 13.1. The Labute approximate surface area is 230 Å². The third-order valence-corrected chi connectivity index (χ3v) is 7.22. The Morgan fingerprint density at radius 2 is 1.98 bits per heavy atom. The van der Waals surface area contributed by atoms with Crippen molar-refractivity contribution in [1.29, 1.82) is 0 Å². The predicted molar refractivity (Wildman–Crippen MR) is 146 cm³/mol. The lowest BCUT2D eigenvalue weighted by molar-refractivity contribution is -0.155. The summed E-state index contributed by atoms with van der Waals surface area (Å²) in [5, 5.41) is 4.21. The van der Waals surface area contributed by atoms with Crippen LogP contribution in [0, 0.1) is 11.3 Å². The third kappa shape index (κ3) is 7.26. The van der Waals surface area contributed by atoms with Crippen LogP contribution in [-0.2, 0) is 14.3 Å². The summed E-state index contributed by atoms with van der Waals surface area (Å²) in [7, 11) is 0. The molecule has 2 aliphatic rings. The number of nitrogens with zero attached hydrogens (tertiary/aromatic N) is 3. The highest BCUT2D eigenvalue weighted by Crippen LogP contribution is 2.31. The van der Waals surface area contributed by atoms with E-state index in [-0.39, 0.29) is 6.42 Å². The minimum atomic E-state index is -4.29. The van der Waals surface area contributed by atoms with Crippen molar-refractivity contribution in [3.63, 3.8) is 0 Å². The van der Waals surface area contributed by atoms with Gasteiger partial charge in [-0.15, -0.1) is 0 Å². The Morgan fingerprint density at radius 3 is 2.62 bits per heavy atom. The summed E-state index contributed by atoms with van der Waals surface area (Å²) >= 11 is 0. The molecule has 2 N–H and O–H groups in total. The Morgan fingerprint density at radius 1 is 1.20 bits per heavy atom. The lowest BCUT2D eigenvalue weighted by Crippen LogP contribution is -2.51. The van der Waals surface area contributed by atoms with E-state index in [1.807, 2.05) is 50.3 Å². The molecule has 0 spiro atoms. The summed E-state index contributed by atoms with van der Waals surface area (Å²) in [6.07, 6.45) is 9.57. The second-order valence-corrected chi connectivity index (χ2v) is 10.8. The van der Waals surface area contributed by atoms with Gasteiger partial charge in [-0.05, 0) is 38.5 Å². The van der Waals surface area contributed by atoms with Gasteiger partial charge in [0.25, 0.3) is 6.47 Å².